The van der Waals surface area contributed by atoms with Crippen molar-refractivity contribution in [1.29, 1.82) is 5.41 Å². The van der Waals surface area contributed by atoms with Crippen LogP contribution < -0.4 is 16.4 Å². The summed E-state index contributed by atoms with van der Waals surface area (Å²) in [6, 6.07) is 10.6. The van der Waals surface area contributed by atoms with Crippen LogP contribution >= 0.6 is 0 Å². The number of halogens is 1. The van der Waals surface area contributed by atoms with E-state index in [2.05, 4.69) is 10.6 Å². The van der Waals surface area contributed by atoms with Gasteiger partial charge >= 0.3 is 0 Å². The minimum Gasteiger partial charge on any atom is -0.378 e. The van der Waals surface area contributed by atoms with Crippen molar-refractivity contribution >= 4 is 29.8 Å². The van der Waals surface area contributed by atoms with Crippen molar-refractivity contribution in [3.8, 4) is 0 Å². The molecule has 0 radical (unpaired) electrons. The first-order valence-electron chi connectivity index (χ1n) is 12.6. The highest BCUT2D eigenvalue weighted by atomic mass is 19.1. The van der Waals surface area contributed by atoms with Crippen molar-refractivity contribution < 1.29 is 28.3 Å². The molecule has 3 rings (SSSR count). The highest BCUT2D eigenvalue weighted by Gasteiger charge is 2.26. The number of benzene rings is 2. The number of carbonyl (C=O) groups is 4. The number of rotatable bonds is 14. The van der Waals surface area contributed by atoms with Crippen LogP contribution in [0.5, 0.6) is 0 Å². The Hall–Kier alpha value is -4.16. The van der Waals surface area contributed by atoms with Gasteiger partial charge in [0, 0.05) is 62.5 Å². The topological polar surface area (TPSA) is 158 Å². The number of hydrogen-bond donors (Lipinski definition) is 4. The molecule has 1 aliphatic heterocycles. The normalized spacial score (nSPS) is 13.2. The third kappa shape index (κ3) is 8.42. The molecule has 4 amide bonds. The summed E-state index contributed by atoms with van der Waals surface area (Å²) in [7, 11) is 0. The molecule has 11 nitrogen and oxygen atoms in total. The van der Waals surface area contributed by atoms with Crippen molar-refractivity contribution in [2.75, 3.05) is 59.0 Å². The van der Waals surface area contributed by atoms with Crippen molar-refractivity contribution in [3.63, 3.8) is 0 Å². The molecule has 0 aliphatic carbocycles. The standard InChI is InChI=1S/C27H33FN6O5/c28-23-6-5-19(16-24(29)20-3-1-2-4-21(20)26(30)37)15-22(23)27(38)34-11-9-33(10-12-34)25(36)17-31-7-13-39-14-8-32-18-35/h1-6,15,18,29,31H,7-14,16-17H2,(H2,30,37)(H,32,35). The van der Waals surface area contributed by atoms with Crippen LogP contribution in [0.3, 0.4) is 0 Å². The van der Waals surface area contributed by atoms with Crippen molar-refractivity contribution in [1.82, 2.24) is 20.4 Å². The average Bonchev–Trinajstić information content (AvgIpc) is 2.95. The van der Waals surface area contributed by atoms with E-state index in [1.165, 1.54) is 23.1 Å². The lowest BCUT2D eigenvalue weighted by atomic mass is 9.96. The molecule has 0 aromatic heterocycles. The maximum atomic E-state index is 14.6. The lowest BCUT2D eigenvalue weighted by Gasteiger charge is -2.35. The molecule has 0 saturated carbocycles. The summed E-state index contributed by atoms with van der Waals surface area (Å²) in [5.74, 6) is -1.90. The fourth-order valence-electron chi connectivity index (χ4n) is 4.18. The van der Waals surface area contributed by atoms with Gasteiger partial charge in [-0.15, -0.1) is 0 Å². The number of carbonyl (C=O) groups excluding carboxylic acids is 4. The molecule has 2 aromatic carbocycles. The molecule has 208 valence electrons. The summed E-state index contributed by atoms with van der Waals surface area (Å²) >= 11 is 0. The molecule has 0 atom stereocenters. The second-order valence-electron chi connectivity index (χ2n) is 8.91. The molecule has 0 spiro atoms. The Bertz CT molecular complexity index is 1200. The number of ether oxygens (including phenoxy) is 1. The first-order chi connectivity index (χ1) is 18.8. The van der Waals surface area contributed by atoms with E-state index in [4.69, 9.17) is 15.9 Å². The summed E-state index contributed by atoms with van der Waals surface area (Å²) in [6.07, 6.45) is 0.686. The molecule has 5 N–H and O–H groups in total. The molecular weight excluding hydrogens is 507 g/mol. The molecular formula is C27H33FN6O5. The quantitative estimate of drug-likeness (QED) is 0.152. The molecule has 1 saturated heterocycles. The van der Waals surface area contributed by atoms with Gasteiger partial charge in [-0.05, 0) is 23.8 Å². The zero-order chi connectivity index (χ0) is 28.2. The van der Waals surface area contributed by atoms with Crippen LogP contribution in [0.1, 0.15) is 31.8 Å². The first-order valence-corrected chi connectivity index (χ1v) is 12.6. The zero-order valence-electron chi connectivity index (χ0n) is 21.6. The van der Waals surface area contributed by atoms with Gasteiger partial charge in [-0.1, -0.05) is 24.3 Å². The number of amides is 4. The lowest BCUT2D eigenvalue weighted by molar-refractivity contribution is -0.131. The Labute approximate surface area is 226 Å². The molecule has 1 fully saturated rings. The van der Waals surface area contributed by atoms with Crippen molar-refractivity contribution in [2.24, 2.45) is 5.73 Å². The van der Waals surface area contributed by atoms with E-state index in [0.29, 0.717) is 56.9 Å². The van der Waals surface area contributed by atoms with Crippen LogP contribution in [0.25, 0.3) is 0 Å². The summed E-state index contributed by atoms with van der Waals surface area (Å²) < 4.78 is 19.9. The van der Waals surface area contributed by atoms with Crippen molar-refractivity contribution in [2.45, 2.75) is 6.42 Å². The van der Waals surface area contributed by atoms with Gasteiger partial charge in [0.05, 0.1) is 25.3 Å². The number of primary amides is 1. The van der Waals surface area contributed by atoms with Crippen molar-refractivity contribution in [3.05, 3.63) is 70.5 Å². The Morgan fingerprint density at radius 1 is 0.974 bits per heavy atom. The Morgan fingerprint density at radius 2 is 1.64 bits per heavy atom. The molecule has 2 aromatic rings. The van der Waals surface area contributed by atoms with Crippen LogP contribution in [0.2, 0.25) is 0 Å². The Morgan fingerprint density at radius 3 is 2.33 bits per heavy atom. The molecule has 1 heterocycles. The van der Waals surface area contributed by atoms with Gasteiger partial charge in [0.25, 0.3) is 5.91 Å². The van der Waals surface area contributed by atoms with Gasteiger partial charge in [0.1, 0.15) is 5.82 Å². The SMILES string of the molecule is N=C(Cc1ccc(F)c(C(=O)N2CCN(C(=O)CNCCOCCNC=O)CC2)c1)c1ccccc1C(N)=O. The van der Waals surface area contributed by atoms with Crippen LogP contribution in [0.4, 0.5) is 4.39 Å². The minimum absolute atomic E-state index is 0.0841. The van der Waals surface area contributed by atoms with E-state index in [1.54, 1.807) is 29.2 Å². The molecule has 1 aliphatic rings. The van der Waals surface area contributed by atoms with Crippen LogP contribution in [-0.2, 0) is 20.7 Å². The molecule has 0 bridgehead atoms. The molecule has 12 heteroatoms. The number of nitrogens with two attached hydrogens (primary N) is 1. The van der Waals surface area contributed by atoms with Gasteiger partial charge in [0.15, 0.2) is 0 Å². The third-order valence-electron chi connectivity index (χ3n) is 6.25. The predicted molar refractivity (Wildman–Crippen MR) is 142 cm³/mol. The summed E-state index contributed by atoms with van der Waals surface area (Å²) in [5, 5.41) is 13.9. The fraction of sp³-hybridized carbons (Fsp3) is 0.370. The largest absolute Gasteiger partial charge is 0.378 e. The smallest absolute Gasteiger partial charge is 0.256 e. The fourth-order valence-corrected chi connectivity index (χ4v) is 4.18. The maximum absolute atomic E-state index is 14.6. The monoisotopic (exact) mass is 540 g/mol. The summed E-state index contributed by atoms with van der Waals surface area (Å²) in [6.45, 7) is 3.02. The Balaban J connectivity index is 1.50. The predicted octanol–water partition coefficient (Wildman–Crippen LogP) is 0.172. The van der Waals surface area contributed by atoms with E-state index in [0.717, 1.165) is 0 Å². The minimum atomic E-state index is -0.667. The third-order valence-corrected chi connectivity index (χ3v) is 6.25. The number of nitrogens with zero attached hydrogens (tertiary/aromatic N) is 2. The maximum Gasteiger partial charge on any atom is 0.256 e. The molecule has 39 heavy (non-hydrogen) atoms. The van der Waals surface area contributed by atoms with E-state index in [9.17, 15) is 23.6 Å². The molecule has 0 unspecified atom stereocenters. The van der Waals surface area contributed by atoms with Gasteiger partial charge < -0.3 is 36.3 Å². The zero-order valence-corrected chi connectivity index (χ0v) is 21.6. The highest BCUT2D eigenvalue weighted by Crippen LogP contribution is 2.18. The van der Waals surface area contributed by atoms with Crippen LogP contribution in [0, 0.1) is 11.2 Å². The summed E-state index contributed by atoms with van der Waals surface area (Å²) in [5.41, 5.74) is 6.59. The number of hydrogen-bond acceptors (Lipinski definition) is 7. The second-order valence-corrected chi connectivity index (χ2v) is 8.91. The Kier molecular flexibility index (Phi) is 11.1. The van der Waals surface area contributed by atoms with Gasteiger partial charge in [-0.3, -0.25) is 19.2 Å². The number of piperazine rings is 1. The van der Waals surface area contributed by atoms with Gasteiger partial charge in [-0.25, -0.2) is 4.39 Å². The van der Waals surface area contributed by atoms with Gasteiger partial charge in [0.2, 0.25) is 18.2 Å². The van der Waals surface area contributed by atoms with E-state index >= 15 is 0 Å². The van der Waals surface area contributed by atoms with Gasteiger partial charge in [-0.2, -0.15) is 0 Å². The summed E-state index contributed by atoms with van der Waals surface area (Å²) in [4.78, 5) is 50.6. The van der Waals surface area contributed by atoms with E-state index in [-0.39, 0.29) is 48.8 Å². The van der Waals surface area contributed by atoms with E-state index in [1.807, 2.05) is 0 Å². The lowest BCUT2D eigenvalue weighted by Crippen LogP contribution is -2.52. The first kappa shape index (κ1) is 29.4. The highest BCUT2D eigenvalue weighted by molar-refractivity contribution is 6.09. The van der Waals surface area contributed by atoms with Crippen LogP contribution in [0.15, 0.2) is 42.5 Å². The second kappa shape index (κ2) is 14.7. The van der Waals surface area contributed by atoms with E-state index < -0.39 is 17.6 Å². The van der Waals surface area contributed by atoms with Crippen LogP contribution in [-0.4, -0.2) is 98.7 Å². The number of nitrogens with one attached hydrogen (secondary N) is 3. The average molecular weight is 541 g/mol.